The molecule has 0 spiro atoms. The highest BCUT2D eigenvalue weighted by Crippen LogP contribution is 2.31. The van der Waals surface area contributed by atoms with Crippen molar-refractivity contribution in [2.45, 2.75) is 13.8 Å². The highest BCUT2D eigenvalue weighted by atomic mass is 32.1. The molecule has 0 atom stereocenters. The minimum absolute atomic E-state index is 0.0542. The first-order valence-corrected chi connectivity index (χ1v) is 12.4. The van der Waals surface area contributed by atoms with Gasteiger partial charge in [-0.25, -0.2) is 22.0 Å². The average Bonchev–Trinajstić information content (AvgIpc) is 2.90. The second kappa shape index (κ2) is 11.9. The number of hydrogen-bond acceptors (Lipinski definition) is 5. The minimum Gasteiger partial charge on any atom is -0.484 e. The number of rotatable bonds is 6. The number of nitrogens with zero attached hydrogens (tertiary/aromatic N) is 2. The summed E-state index contributed by atoms with van der Waals surface area (Å²) in [4.78, 5) is 15.3. The van der Waals surface area contributed by atoms with Gasteiger partial charge in [-0.2, -0.15) is 0 Å². The van der Waals surface area contributed by atoms with Gasteiger partial charge < -0.3 is 19.9 Å². The Labute approximate surface area is 227 Å². The van der Waals surface area contributed by atoms with Crippen LogP contribution in [0.1, 0.15) is 11.1 Å². The van der Waals surface area contributed by atoms with Gasteiger partial charge in [-0.05, 0) is 73.6 Å². The van der Waals surface area contributed by atoms with Crippen LogP contribution in [0, 0.1) is 42.9 Å². The van der Waals surface area contributed by atoms with E-state index >= 15 is 0 Å². The molecule has 2 N–H and O–H groups in total. The number of carbonyl (C=O) groups excluding carboxylic acids is 1. The van der Waals surface area contributed by atoms with Gasteiger partial charge in [0.25, 0.3) is 5.91 Å². The number of nitrogens with one attached hydrogen (secondary N) is 2. The van der Waals surface area contributed by atoms with Crippen molar-refractivity contribution in [3.8, 4) is 5.75 Å². The van der Waals surface area contributed by atoms with Crippen molar-refractivity contribution in [3.05, 3.63) is 82.7 Å². The fourth-order valence-electron chi connectivity index (χ4n) is 4.30. The van der Waals surface area contributed by atoms with Gasteiger partial charge in [0.05, 0.1) is 0 Å². The van der Waals surface area contributed by atoms with Gasteiger partial charge in [0.15, 0.2) is 35.0 Å². The Balaban J connectivity index is 1.28. The summed E-state index contributed by atoms with van der Waals surface area (Å²) in [5.41, 5.74) is 2.53. The lowest BCUT2D eigenvalue weighted by Crippen LogP contribution is -2.47. The van der Waals surface area contributed by atoms with E-state index in [1.54, 1.807) is 24.3 Å². The van der Waals surface area contributed by atoms with Crippen molar-refractivity contribution < 1.29 is 31.5 Å². The molecule has 1 fully saturated rings. The molecule has 206 valence electrons. The van der Waals surface area contributed by atoms with E-state index in [-0.39, 0.29) is 24.8 Å². The van der Waals surface area contributed by atoms with Crippen molar-refractivity contribution in [2.24, 2.45) is 0 Å². The molecule has 0 radical (unpaired) electrons. The Morgan fingerprint density at radius 3 is 1.90 bits per heavy atom. The minimum atomic E-state index is -2.18. The fraction of sp³-hybridized carbons (Fsp3) is 0.259. The predicted octanol–water partition coefficient (Wildman–Crippen LogP) is 5.22. The molecule has 0 unspecified atom stereocenters. The van der Waals surface area contributed by atoms with Crippen LogP contribution in [-0.4, -0.2) is 43.8 Å². The first-order valence-electron chi connectivity index (χ1n) is 12.0. The van der Waals surface area contributed by atoms with Crippen molar-refractivity contribution >= 4 is 40.3 Å². The molecule has 4 rings (SSSR count). The topological polar surface area (TPSA) is 56.8 Å². The van der Waals surface area contributed by atoms with Crippen molar-refractivity contribution in [1.29, 1.82) is 0 Å². The van der Waals surface area contributed by atoms with E-state index in [9.17, 15) is 26.7 Å². The van der Waals surface area contributed by atoms with Crippen LogP contribution in [0.15, 0.2) is 42.5 Å². The van der Waals surface area contributed by atoms with E-state index in [4.69, 9.17) is 17.0 Å². The summed E-state index contributed by atoms with van der Waals surface area (Å²) in [5.74, 6) is -9.61. The van der Waals surface area contributed by atoms with Gasteiger partial charge in [-0.15, -0.1) is 0 Å². The number of carbonyl (C=O) groups is 1. The van der Waals surface area contributed by atoms with Gasteiger partial charge in [0.2, 0.25) is 5.82 Å². The second-order valence-electron chi connectivity index (χ2n) is 9.05. The molecule has 3 aromatic rings. The molecule has 12 heteroatoms. The lowest BCUT2D eigenvalue weighted by Gasteiger charge is -2.37. The number of thiocarbonyl (C=S) groups is 1. The van der Waals surface area contributed by atoms with Crippen LogP contribution in [0.3, 0.4) is 0 Å². The number of benzene rings is 3. The van der Waals surface area contributed by atoms with Gasteiger partial charge in [-0.3, -0.25) is 10.1 Å². The lowest BCUT2D eigenvalue weighted by molar-refractivity contribution is -0.121. The highest BCUT2D eigenvalue weighted by molar-refractivity contribution is 7.80. The van der Waals surface area contributed by atoms with E-state index < -0.39 is 40.7 Å². The summed E-state index contributed by atoms with van der Waals surface area (Å²) in [5, 5.41) is 5.55. The van der Waals surface area contributed by atoms with Crippen LogP contribution in [-0.2, 0) is 4.79 Å². The number of amides is 1. The zero-order valence-corrected chi connectivity index (χ0v) is 21.9. The molecular weight excluding hydrogens is 539 g/mol. The molecule has 0 saturated carbocycles. The van der Waals surface area contributed by atoms with Gasteiger partial charge in [0.1, 0.15) is 11.4 Å². The Hall–Kier alpha value is -3.93. The number of aryl methyl sites for hydroxylation is 2. The molecule has 6 nitrogen and oxygen atoms in total. The van der Waals surface area contributed by atoms with Crippen molar-refractivity contribution in [2.75, 3.05) is 47.9 Å². The van der Waals surface area contributed by atoms with Crippen LogP contribution in [0.2, 0.25) is 0 Å². The quantitative estimate of drug-likeness (QED) is 0.186. The zero-order valence-electron chi connectivity index (χ0n) is 21.1. The number of hydrogen-bond donors (Lipinski definition) is 2. The van der Waals surface area contributed by atoms with Crippen LogP contribution < -0.4 is 25.2 Å². The van der Waals surface area contributed by atoms with E-state index in [1.165, 1.54) is 0 Å². The van der Waals surface area contributed by atoms with E-state index in [1.807, 2.05) is 36.9 Å². The number of ether oxygens (including phenoxy) is 1. The van der Waals surface area contributed by atoms with E-state index in [0.717, 1.165) is 21.7 Å². The van der Waals surface area contributed by atoms with Gasteiger partial charge in [0, 0.05) is 37.6 Å². The molecule has 1 aliphatic rings. The normalized spacial score (nSPS) is 13.3. The molecule has 1 aliphatic heterocycles. The smallest absolute Gasteiger partial charge is 0.264 e. The summed E-state index contributed by atoms with van der Waals surface area (Å²) in [6.45, 7) is 4.36. The van der Waals surface area contributed by atoms with E-state index in [0.29, 0.717) is 24.5 Å². The molecular formula is C27H25F5N4O2S. The monoisotopic (exact) mass is 564 g/mol. The molecule has 3 aromatic carbocycles. The maximum Gasteiger partial charge on any atom is 0.264 e. The summed E-state index contributed by atoms with van der Waals surface area (Å²) in [6, 6.07) is 12.7. The fourth-order valence-corrected chi connectivity index (χ4v) is 4.54. The molecule has 0 aromatic heterocycles. The number of anilines is 3. The third-order valence-corrected chi connectivity index (χ3v) is 6.30. The first-order chi connectivity index (χ1) is 18.5. The third kappa shape index (κ3) is 6.56. The summed E-state index contributed by atoms with van der Waals surface area (Å²) >= 11 is 5.20. The Kier molecular flexibility index (Phi) is 8.54. The second-order valence-corrected chi connectivity index (χ2v) is 9.46. The molecule has 0 bridgehead atoms. The van der Waals surface area contributed by atoms with Crippen molar-refractivity contribution in [3.63, 3.8) is 0 Å². The molecule has 1 saturated heterocycles. The number of piperazine rings is 1. The molecule has 0 aliphatic carbocycles. The standard InChI is InChI=1S/C27H25F5N4O2S/c1-15-11-16(2)13-19(12-15)38-14-20(37)34-27(39)33-17-3-5-18(6-4-17)35-7-9-36(10-8-35)26-24(31)22(29)21(28)23(30)25(26)32/h3-6,11-13H,7-10,14H2,1-2H3,(H2,33,34,37,39). The summed E-state index contributed by atoms with van der Waals surface area (Å²) in [7, 11) is 0. The van der Waals surface area contributed by atoms with Gasteiger partial charge >= 0.3 is 0 Å². The molecule has 39 heavy (non-hydrogen) atoms. The maximum atomic E-state index is 14.2. The van der Waals surface area contributed by atoms with Crippen LogP contribution in [0.25, 0.3) is 0 Å². The average molecular weight is 565 g/mol. The number of halogens is 5. The summed E-state index contributed by atoms with van der Waals surface area (Å²) in [6.07, 6.45) is 0. The third-order valence-electron chi connectivity index (χ3n) is 6.09. The molecule has 1 amide bonds. The summed E-state index contributed by atoms with van der Waals surface area (Å²) < 4.78 is 74.4. The van der Waals surface area contributed by atoms with Gasteiger partial charge in [-0.1, -0.05) is 6.07 Å². The lowest BCUT2D eigenvalue weighted by atomic mass is 10.1. The van der Waals surface area contributed by atoms with E-state index in [2.05, 4.69) is 10.6 Å². The zero-order chi connectivity index (χ0) is 28.3. The Morgan fingerprint density at radius 1 is 0.821 bits per heavy atom. The highest BCUT2D eigenvalue weighted by Gasteiger charge is 2.30. The first kappa shape index (κ1) is 28.1. The van der Waals surface area contributed by atoms with Crippen LogP contribution >= 0.6 is 12.2 Å². The SMILES string of the molecule is Cc1cc(C)cc(OCC(=O)NC(=S)Nc2ccc(N3CCN(c4c(F)c(F)c(F)c(F)c4F)CC3)cc2)c1. The molecule has 1 heterocycles. The van der Waals surface area contributed by atoms with Crippen LogP contribution in [0.4, 0.5) is 39.0 Å². The Morgan fingerprint density at radius 2 is 1.33 bits per heavy atom. The van der Waals surface area contributed by atoms with Crippen LogP contribution in [0.5, 0.6) is 5.75 Å². The van der Waals surface area contributed by atoms with Crippen molar-refractivity contribution in [1.82, 2.24) is 5.32 Å². The maximum absolute atomic E-state index is 14.2. The Bertz CT molecular complexity index is 1350. The largest absolute Gasteiger partial charge is 0.484 e. The predicted molar refractivity (Wildman–Crippen MR) is 143 cm³/mol.